The molecular weight excluding hydrogens is 375 g/mol. The number of amides is 1. The summed E-state index contributed by atoms with van der Waals surface area (Å²) in [5.41, 5.74) is 7.19. The van der Waals surface area contributed by atoms with Gasteiger partial charge in [-0.3, -0.25) is 13.9 Å². The fourth-order valence-electron chi connectivity index (χ4n) is 3.99. The number of fused-ring (bicyclic) bond motifs is 1. The van der Waals surface area contributed by atoms with E-state index in [1.54, 1.807) is 29.3 Å². The van der Waals surface area contributed by atoms with Gasteiger partial charge in [-0.1, -0.05) is 19.3 Å². The Labute approximate surface area is 166 Å². The van der Waals surface area contributed by atoms with Crippen LogP contribution >= 0.6 is 0 Å². The van der Waals surface area contributed by atoms with E-state index in [0.29, 0.717) is 22.4 Å². The van der Waals surface area contributed by atoms with Crippen molar-refractivity contribution in [3.05, 3.63) is 45.8 Å². The van der Waals surface area contributed by atoms with Crippen LogP contribution in [0, 0.1) is 12.7 Å². The van der Waals surface area contributed by atoms with Crippen molar-refractivity contribution in [2.75, 3.05) is 5.32 Å². The van der Waals surface area contributed by atoms with Crippen molar-refractivity contribution in [3.8, 4) is 0 Å². The fraction of sp³-hybridized carbons (Fsp3) is 0.400. The molecule has 0 unspecified atom stereocenters. The second-order valence-corrected chi connectivity index (χ2v) is 7.54. The Kier molecular flexibility index (Phi) is 4.81. The second-order valence-electron chi connectivity index (χ2n) is 7.54. The number of hydrogen-bond acceptors (Lipinski definition) is 5. The number of primary amides is 1. The van der Waals surface area contributed by atoms with E-state index in [2.05, 4.69) is 15.3 Å². The number of rotatable bonds is 4. The summed E-state index contributed by atoms with van der Waals surface area (Å²) in [6.07, 6.45) is 6.86. The summed E-state index contributed by atoms with van der Waals surface area (Å²) in [6, 6.07) is 2.71. The van der Waals surface area contributed by atoms with E-state index in [0.717, 1.165) is 25.7 Å². The number of aryl methyl sites for hydroxylation is 2. The SMILES string of the molecule is Cc1cc(C(N)=O)c(F)cc1Nc1ncc2c(n1)n(C1CCCCC1)c(=O)n2C. The van der Waals surface area contributed by atoms with Crippen molar-refractivity contribution in [3.63, 3.8) is 0 Å². The summed E-state index contributed by atoms with van der Waals surface area (Å²) >= 11 is 0. The van der Waals surface area contributed by atoms with Crippen LogP contribution in [-0.2, 0) is 7.05 Å². The summed E-state index contributed by atoms with van der Waals surface area (Å²) in [4.78, 5) is 33.0. The maximum atomic E-state index is 14.2. The van der Waals surface area contributed by atoms with E-state index >= 15 is 0 Å². The molecule has 4 rings (SSSR count). The number of nitrogens with zero attached hydrogens (tertiary/aromatic N) is 4. The molecule has 1 aromatic carbocycles. The third-order valence-corrected chi connectivity index (χ3v) is 5.60. The summed E-state index contributed by atoms with van der Waals surface area (Å²) in [6.45, 7) is 1.73. The first-order valence-corrected chi connectivity index (χ1v) is 9.67. The predicted molar refractivity (Wildman–Crippen MR) is 108 cm³/mol. The van der Waals surface area contributed by atoms with Gasteiger partial charge in [-0.25, -0.2) is 14.2 Å². The number of imidazole rings is 1. The van der Waals surface area contributed by atoms with E-state index < -0.39 is 11.7 Å². The van der Waals surface area contributed by atoms with Gasteiger partial charge in [0.2, 0.25) is 5.95 Å². The Bertz CT molecular complexity index is 1160. The van der Waals surface area contributed by atoms with Crippen LogP contribution in [0.2, 0.25) is 0 Å². The average molecular weight is 398 g/mol. The van der Waals surface area contributed by atoms with Crippen LogP contribution in [0.5, 0.6) is 0 Å². The van der Waals surface area contributed by atoms with Gasteiger partial charge >= 0.3 is 5.69 Å². The lowest BCUT2D eigenvalue weighted by Gasteiger charge is -2.22. The minimum absolute atomic E-state index is 0.105. The van der Waals surface area contributed by atoms with Crippen molar-refractivity contribution in [2.45, 2.75) is 45.1 Å². The molecule has 1 aliphatic carbocycles. The zero-order valence-corrected chi connectivity index (χ0v) is 16.4. The summed E-state index contributed by atoms with van der Waals surface area (Å²) in [7, 11) is 1.71. The van der Waals surface area contributed by atoms with E-state index in [-0.39, 0.29) is 23.2 Å². The van der Waals surface area contributed by atoms with Gasteiger partial charge < -0.3 is 11.1 Å². The summed E-state index contributed by atoms with van der Waals surface area (Å²) in [5.74, 6) is -1.29. The van der Waals surface area contributed by atoms with Crippen molar-refractivity contribution in [1.29, 1.82) is 0 Å². The molecule has 2 heterocycles. The van der Waals surface area contributed by atoms with Gasteiger partial charge in [-0.2, -0.15) is 4.98 Å². The van der Waals surface area contributed by atoms with Crippen molar-refractivity contribution in [2.24, 2.45) is 12.8 Å². The van der Waals surface area contributed by atoms with Gasteiger partial charge in [0.1, 0.15) is 11.3 Å². The van der Waals surface area contributed by atoms with E-state index in [1.807, 2.05) is 0 Å². The maximum absolute atomic E-state index is 14.2. The monoisotopic (exact) mass is 398 g/mol. The Morgan fingerprint density at radius 1 is 1.28 bits per heavy atom. The standard InChI is InChI=1S/C20H23FN6O2/c1-11-8-13(17(22)28)14(21)9-15(11)24-19-23-10-16-18(25-19)27(20(29)26(16)2)12-6-4-3-5-7-12/h8-10,12H,3-7H2,1-2H3,(H2,22,28)(H,23,24,25). The number of benzene rings is 1. The Hall–Kier alpha value is -3.23. The van der Waals surface area contributed by atoms with Crippen LogP contribution in [0.4, 0.5) is 16.0 Å². The molecule has 1 fully saturated rings. The highest BCUT2D eigenvalue weighted by Crippen LogP contribution is 2.30. The fourth-order valence-corrected chi connectivity index (χ4v) is 3.99. The molecule has 0 saturated heterocycles. The topological polar surface area (TPSA) is 108 Å². The van der Waals surface area contributed by atoms with Gasteiger partial charge in [0.25, 0.3) is 5.91 Å². The molecule has 1 amide bonds. The minimum Gasteiger partial charge on any atom is -0.366 e. The number of aromatic nitrogens is 4. The highest BCUT2D eigenvalue weighted by Gasteiger charge is 2.23. The van der Waals surface area contributed by atoms with Crippen LogP contribution in [0.15, 0.2) is 23.1 Å². The summed E-state index contributed by atoms with van der Waals surface area (Å²) in [5, 5.41) is 2.99. The van der Waals surface area contributed by atoms with Gasteiger partial charge in [0, 0.05) is 18.8 Å². The van der Waals surface area contributed by atoms with Crippen LogP contribution in [-0.4, -0.2) is 25.0 Å². The lowest BCUT2D eigenvalue weighted by Crippen LogP contribution is -2.27. The van der Waals surface area contributed by atoms with Gasteiger partial charge in [0.15, 0.2) is 5.65 Å². The van der Waals surface area contributed by atoms with Crippen LogP contribution in [0.3, 0.4) is 0 Å². The van der Waals surface area contributed by atoms with Crippen LogP contribution in [0.25, 0.3) is 11.2 Å². The minimum atomic E-state index is -0.824. The number of carbonyl (C=O) groups excluding carboxylic acids is 1. The van der Waals surface area contributed by atoms with Crippen LogP contribution in [0.1, 0.15) is 54.1 Å². The van der Waals surface area contributed by atoms with Gasteiger partial charge in [0.05, 0.1) is 11.8 Å². The molecule has 1 aliphatic rings. The first-order chi connectivity index (χ1) is 13.9. The maximum Gasteiger partial charge on any atom is 0.330 e. The first kappa shape index (κ1) is 19.1. The Morgan fingerprint density at radius 2 is 2.00 bits per heavy atom. The van der Waals surface area contributed by atoms with Gasteiger partial charge in [-0.05, 0) is 37.5 Å². The molecule has 8 nitrogen and oxygen atoms in total. The molecule has 0 radical (unpaired) electrons. The number of anilines is 2. The van der Waals surface area contributed by atoms with Crippen LogP contribution < -0.4 is 16.7 Å². The molecule has 3 N–H and O–H groups in total. The molecule has 152 valence electrons. The quantitative estimate of drug-likeness (QED) is 0.703. The first-order valence-electron chi connectivity index (χ1n) is 9.67. The lowest BCUT2D eigenvalue weighted by molar-refractivity contribution is 0.0996. The number of halogens is 1. The number of nitrogens with two attached hydrogens (primary N) is 1. The van der Waals surface area contributed by atoms with Gasteiger partial charge in [-0.15, -0.1) is 0 Å². The number of nitrogens with one attached hydrogen (secondary N) is 1. The number of hydrogen-bond donors (Lipinski definition) is 2. The molecule has 9 heteroatoms. The predicted octanol–water partition coefficient (Wildman–Crippen LogP) is 2.93. The molecule has 0 spiro atoms. The molecule has 0 aliphatic heterocycles. The highest BCUT2D eigenvalue weighted by molar-refractivity contribution is 5.94. The van der Waals surface area contributed by atoms with E-state index in [4.69, 9.17) is 5.73 Å². The third kappa shape index (κ3) is 3.37. The molecule has 1 saturated carbocycles. The Balaban J connectivity index is 1.75. The van der Waals surface area contributed by atoms with Crippen molar-refractivity contribution >= 4 is 28.7 Å². The largest absolute Gasteiger partial charge is 0.366 e. The van der Waals surface area contributed by atoms with E-state index in [9.17, 15) is 14.0 Å². The molecule has 29 heavy (non-hydrogen) atoms. The molecule has 3 aromatic rings. The Morgan fingerprint density at radius 3 is 2.69 bits per heavy atom. The molecular formula is C20H23FN6O2. The van der Waals surface area contributed by atoms with Crippen molar-refractivity contribution in [1.82, 2.24) is 19.1 Å². The number of carbonyl (C=O) groups is 1. The average Bonchev–Trinajstić information content (AvgIpc) is 2.95. The zero-order valence-electron chi connectivity index (χ0n) is 16.4. The van der Waals surface area contributed by atoms with E-state index in [1.165, 1.54) is 18.6 Å². The lowest BCUT2D eigenvalue weighted by atomic mass is 9.95. The zero-order chi connectivity index (χ0) is 20.7. The summed E-state index contributed by atoms with van der Waals surface area (Å²) < 4.78 is 17.5. The highest BCUT2D eigenvalue weighted by atomic mass is 19.1. The normalized spacial score (nSPS) is 15.0. The molecule has 0 bridgehead atoms. The molecule has 2 aromatic heterocycles. The second kappa shape index (κ2) is 7.31. The third-order valence-electron chi connectivity index (χ3n) is 5.60. The van der Waals surface area contributed by atoms with Crippen molar-refractivity contribution < 1.29 is 9.18 Å². The molecule has 0 atom stereocenters. The smallest absolute Gasteiger partial charge is 0.330 e.